The summed E-state index contributed by atoms with van der Waals surface area (Å²) in [6, 6.07) is 13.8. The third-order valence-electron chi connectivity index (χ3n) is 6.59. The summed E-state index contributed by atoms with van der Waals surface area (Å²) in [4.78, 5) is 45.9. The molecule has 1 N–H and O–H groups in total. The van der Waals surface area contributed by atoms with Crippen molar-refractivity contribution in [2.75, 3.05) is 7.05 Å². The fraction of sp³-hybridized carbons (Fsp3) is 0.222. The van der Waals surface area contributed by atoms with E-state index in [1.165, 1.54) is 9.25 Å². The number of rotatable bonds is 4. The molecule has 3 heterocycles. The minimum absolute atomic E-state index is 0.106. The number of carbonyl (C=O) groups is 2. The lowest BCUT2D eigenvalue weighted by Gasteiger charge is -2.34. The van der Waals surface area contributed by atoms with E-state index in [0.717, 1.165) is 10.0 Å². The van der Waals surface area contributed by atoms with Gasteiger partial charge < -0.3 is 10.2 Å². The number of halogens is 1. The number of nitrogens with zero attached hydrogens (tertiary/aromatic N) is 5. The van der Waals surface area contributed by atoms with Gasteiger partial charge in [0.05, 0.1) is 17.9 Å². The average Bonchev–Trinajstić information content (AvgIpc) is 3.44. The predicted molar refractivity (Wildman–Crippen MR) is 142 cm³/mol. The van der Waals surface area contributed by atoms with Crippen LogP contribution < -0.4 is 10.9 Å². The zero-order valence-electron chi connectivity index (χ0n) is 20.6. The number of fused-ring (bicyclic) bond motifs is 1. The standard InChI is InChI=1S/C27H25BrN6O3/c1-16-13-19(7-10-22(16)28)25(36)32-15-23-21(14-17(32)2)26(37)34(27(31-23)33-12-4-11-30-33)20-8-5-18(6-9-20)24(35)29-3/h4-13,17H,14-15H2,1-3H3,(H,29,35)/t17-/m1/s1. The minimum atomic E-state index is -0.221. The molecule has 1 atom stereocenters. The third-order valence-corrected chi connectivity index (χ3v) is 7.48. The zero-order valence-corrected chi connectivity index (χ0v) is 22.2. The van der Waals surface area contributed by atoms with Crippen LogP contribution in [0.5, 0.6) is 0 Å². The molecule has 37 heavy (non-hydrogen) atoms. The molecule has 0 saturated carbocycles. The number of hydrogen-bond acceptors (Lipinski definition) is 5. The van der Waals surface area contributed by atoms with E-state index < -0.39 is 0 Å². The Morgan fingerprint density at radius 1 is 1.11 bits per heavy atom. The first-order chi connectivity index (χ1) is 17.8. The highest BCUT2D eigenvalue weighted by molar-refractivity contribution is 9.10. The van der Waals surface area contributed by atoms with E-state index in [-0.39, 0.29) is 30.0 Å². The molecular weight excluding hydrogens is 536 g/mol. The SMILES string of the molecule is CNC(=O)c1ccc(-n2c(-n3cccn3)nc3c(c2=O)C[C@@H](C)N(C(=O)c2ccc(Br)c(C)c2)C3)cc1. The van der Waals surface area contributed by atoms with Crippen molar-refractivity contribution >= 4 is 27.7 Å². The largest absolute Gasteiger partial charge is 0.355 e. The molecule has 1 aliphatic heterocycles. The molecule has 0 unspecified atom stereocenters. The van der Waals surface area contributed by atoms with Crippen LogP contribution >= 0.6 is 15.9 Å². The van der Waals surface area contributed by atoms with E-state index in [4.69, 9.17) is 4.98 Å². The summed E-state index contributed by atoms with van der Waals surface area (Å²) in [5.74, 6) is -0.0117. The van der Waals surface area contributed by atoms with Crippen molar-refractivity contribution in [2.45, 2.75) is 32.9 Å². The highest BCUT2D eigenvalue weighted by Crippen LogP contribution is 2.25. The van der Waals surface area contributed by atoms with Crippen LogP contribution in [0.2, 0.25) is 0 Å². The summed E-state index contributed by atoms with van der Waals surface area (Å²) < 4.78 is 3.97. The lowest BCUT2D eigenvalue weighted by Crippen LogP contribution is -2.46. The first-order valence-corrected chi connectivity index (χ1v) is 12.6. The van der Waals surface area contributed by atoms with Crippen LogP contribution in [-0.4, -0.2) is 49.1 Å². The molecule has 9 nitrogen and oxygen atoms in total. The quantitative estimate of drug-likeness (QED) is 0.412. The van der Waals surface area contributed by atoms with E-state index in [2.05, 4.69) is 26.3 Å². The summed E-state index contributed by atoms with van der Waals surface area (Å²) in [5.41, 5.74) is 3.51. The molecule has 2 aromatic carbocycles. The molecule has 0 radical (unpaired) electrons. The van der Waals surface area contributed by atoms with Crippen LogP contribution in [0, 0.1) is 6.92 Å². The van der Waals surface area contributed by atoms with Crippen LogP contribution in [0.15, 0.2) is 70.2 Å². The predicted octanol–water partition coefficient (Wildman–Crippen LogP) is 3.44. The molecule has 2 amide bonds. The van der Waals surface area contributed by atoms with Gasteiger partial charge in [-0.1, -0.05) is 15.9 Å². The second-order valence-corrected chi connectivity index (χ2v) is 9.86. The van der Waals surface area contributed by atoms with Gasteiger partial charge in [0.2, 0.25) is 5.95 Å². The van der Waals surface area contributed by atoms with Gasteiger partial charge in [0, 0.05) is 46.6 Å². The maximum Gasteiger partial charge on any atom is 0.263 e. The average molecular weight is 561 g/mol. The molecule has 0 bridgehead atoms. The van der Waals surface area contributed by atoms with E-state index in [0.29, 0.717) is 40.4 Å². The number of aromatic nitrogens is 4. The van der Waals surface area contributed by atoms with Crippen molar-refractivity contribution in [1.29, 1.82) is 0 Å². The minimum Gasteiger partial charge on any atom is -0.355 e. The molecule has 2 aromatic heterocycles. The Morgan fingerprint density at radius 3 is 2.49 bits per heavy atom. The first kappa shape index (κ1) is 24.6. The summed E-state index contributed by atoms with van der Waals surface area (Å²) in [7, 11) is 1.57. The second kappa shape index (κ2) is 9.78. The van der Waals surface area contributed by atoms with Gasteiger partial charge in [-0.3, -0.25) is 14.4 Å². The van der Waals surface area contributed by atoms with Gasteiger partial charge in [-0.15, -0.1) is 0 Å². The first-order valence-electron chi connectivity index (χ1n) is 11.8. The summed E-state index contributed by atoms with van der Waals surface area (Å²) >= 11 is 3.48. The van der Waals surface area contributed by atoms with Gasteiger partial charge >= 0.3 is 0 Å². The molecule has 4 aromatic rings. The molecule has 10 heteroatoms. The molecule has 0 fully saturated rings. The van der Waals surface area contributed by atoms with Crippen molar-refractivity contribution < 1.29 is 9.59 Å². The van der Waals surface area contributed by atoms with Gasteiger partial charge in [0.1, 0.15) is 0 Å². The number of hydrogen-bond donors (Lipinski definition) is 1. The second-order valence-electron chi connectivity index (χ2n) is 9.00. The van der Waals surface area contributed by atoms with Gasteiger partial charge in [0.25, 0.3) is 17.4 Å². The normalized spacial score (nSPS) is 14.8. The molecule has 1 aliphatic rings. The van der Waals surface area contributed by atoms with Crippen LogP contribution in [0.3, 0.4) is 0 Å². The number of nitrogens with one attached hydrogen (secondary N) is 1. The van der Waals surface area contributed by atoms with Crippen molar-refractivity contribution in [1.82, 2.24) is 29.5 Å². The fourth-order valence-corrected chi connectivity index (χ4v) is 4.79. The number of amides is 2. The maximum atomic E-state index is 13.9. The van der Waals surface area contributed by atoms with Crippen LogP contribution in [0.4, 0.5) is 0 Å². The molecule has 5 rings (SSSR count). The molecule has 0 saturated heterocycles. The Bertz CT molecular complexity index is 1560. The van der Waals surface area contributed by atoms with Gasteiger partial charge in [0.15, 0.2) is 0 Å². The lowest BCUT2D eigenvalue weighted by atomic mass is 9.98. The number of benzene rings is 2. The fourth-order valence-electron chi connectivity index (χ4n) is 4.54. The number of aryl methyl sites for hydroxylation is 1. The van der Waals surface area contributed by atoms with Crippen molar-refractivity contribution in [3.8, 4) is 11.6 Å². The summed E-state index contributed by atoms with van der Waals surface area (Å²) in [6.07, 6.45) is 3.69. The number of carbonyl (C=O) groups excluding carboxylic acids is 2. The monoisotopic (exact) mass is 560 g/mol. The highest BCUT2D eigenvalue weighted by Gasteiger charge is 2.32. The smallest absolute Gasteiger partial charge is 0.263 e. The van der Waals surface area contributed by atoms with Crippen molar-refractivity contribution in [3.63, 3.8) is 0 Å². The van der Waals surface area contributed by atoms with E-state index in [1.807, 2.05) is 26.0 Å². The lowest BCUT2D eigenvalue weighted by molar-refractivity contribution is 0.0652. The Morgan fingerprint density at radius 2 is 1.84 bits per heavy atom. The molecular formula is C27H25BrN6O3. The molecule has 0 aliphatic carbocycles. The van der Waals surface area contributed by atoms with E-state index in [9.17, 15) is 14.4 Å². The van der Waals surface area contributed by atoms with Crippen LogP contribution in [-0.2, 0) is 13.0 Å². The highest BCUT2D eigenvalue weighted by atomic mass is 79.9. The molecule has 188 valence electrons. The topological polar surface area (TPSA) is 102 Å². The van der Waals surface area contributed by atoms with Gasteiger partial charge in [-0.25, -0.2) is 14.2 Å². The Kier molecular flexibility index (Phi) is 6.51. The Balaban J connectivity index is 1.59. The van der Waals surface area contributed by atoms with E-state index >= 15 is 0 Å². The van der Waals surface area contributed by atoms with Crippen LogP contribution in [0.25, 0.3) is 11.6 Å². The van der Waals surface area contributed by atoms with Crippen molar-refractivity contribution in [3.05, 3.63) is 104 Å². The summed E-state index contributed by atoms with van der Waals surface area (Å²) in [5, 5.41) is 6.90. The summed E-state index contributed by atoms with van der Waals surface area (Å²) in [6.45, 7) is 4.09. The maximum absolute atomic E-state index is 13.9. The third kappa shape index (κ3) is 4.48. The van der Waals surface area contributed by atoms with Crippen LogP contribution in [0.1, 0.15) is 44.5 Å². The Hall–Kier alpha value is -4.05. The van der Waals surface area contributed by atoms with Gasteiger partial charge in [-0.05, 0) is 74.4 Å². The van der Waals surface area contributed by atoms with Gasteiger partial charge in [-0.2, -0.15) is 5.10 Å². The zero-order chi connectivity index (χ0) is 26.3. The molecule has 0 spiro atoms. The van der Waals surface area contributed by atoms with E-state index in [1.54, 1.807) is 60.7 Å². The Labute approximate surface area is 221 Å². The van der Waals surface area contributed by atoms with Crippen molar-refractivity contribution in [2.24, 2.45) is 0 Å².